The molecular formula is C12H20N4OS. The van der Waals surface area contributed by atoms with Crippen LogP contribution in [-0.2, 0) is 0 Å². The van der Waals surface area contributed by atoms with Crippen molar-refractivity contribution in [2.45, 2.75) is 44.3 Å². The Morgan fingerprint density at radius 3 is 2.94 bits per heavy atom. The molecule has 0 bridgehead atoms. The molecule has 18 heavy (non-hydrogen) atoms. The third kappa shape index (κ3) is 3.04. The van der Waals surface area contributed by atoms with E-state index in [9.17, 15) is 4.79 Å². The van der Waals surface area contributed by atoms with Crippen LogP contribution in [0.3, 0.4) is 0 Å². The van der Waals surface area contributed by atoms with E-state index < -0.39 is 0 Å². The highest BCUT2D eigenvalue weighted by molar-refractivity contribution is 8.00. The zero-order valence-corrected chi connectivity index (χ0v) is 11.9. The number of carbonyl (C=O) groups excluding carboxylic acids is 1. The fourth-order valence-electron chi connectivity index (χ4n) is 1.96. The van der Waals surface area contributed by atoms with Crippen LogP contribution in [0, 0.1) is 0 Å². The lowest BCUT2D eigenvalue weighted by molar-refractivity contribution is 0.0940. The SMILES string of the molecule is CC(C)c1nc(C(=O)NCC2(C)CCCS2)n[nH]1. The summed E-state index contributed by atoms with van der Waals surface area (Å²) in [5.74, 6) is 2.24. The number of carbonyl (C=O) groups is 1. The van der Waals surface area contributed by atoms with Crippen molar-refractivity contribution in [3.8, 4) is 0 Å². The van der Waals surface area contributed by atoms with Crippen molar-refractivity contribution in [3.05, 3.63) is 11.6 Å². The molecule has 0 aliphatic carbocycles. The predicted octanol–water partition coefficient (Wildman–Crippen LogP) is 1.94. The number of rotatable bonds is 4. The van der Waals surface area contributed by atoms with Crippen LogP contribution >= 0.6 is 11.8 Å². The molecule has 100 valence electrons. The minimum absolute atomic E-state index is 0.173. The van der Waals surface area contributed by atoms with Crippen molar-refractivity contribution >= 4 is 17.7 Å². The van der Waals surface area contributed by atoms with Crippen molar-refractivity contribution in [3.63, 3.8) is 0 Å². The number of H-pyrrole nitrogens is 1. The molecule has 2 N–H and O–H groups in total. The molecule has 1 unspecified atom stereocenters. The smallest absolute Gasteiger partial charge is 0.291 e. The molecule has 2 heterocycles. The van der Waals surface area contributed by atoms with Gasteiger partial charge in [-0.25, -0.2) is 4.98 Å². The fraction of sp³-hybridized carbons (Fsp3) is 0.750. The minimum Gasteiger partial charge on any atom is -0.348 e. The van der Waals surface area contributed by atoms with Crippen LogP contribution in [0.5, 0.6) is 0 Å². The summed E-state index contributed by atoms with van der Waals surface area (Å²) in [4.78, 5) is 16.1. The van der Waals surface area contributed by atoms with Crippen molar-refractivity contribution in [1.29, 1.82) is 0 Å². The molecule has 6 heteroatoms. The van der Waals surface area contributed by atoms with E-state index in [0.29, 0.717) is 6.54 Å². The maximum Gasteiger partial charge on any atom is 0.291 e. The molecule has 0 aromatic carbocycles. The Bertz CT molecular complexity index is 423. The predicted molar refractivity (Wildman–Crippen MR) is 72.9 cm³/mol. The number of nitrogens with one attached hydrogen (secondary N) is 2. The second kappa shape index (κ2) is 5.30. The van der Waals surface area contributed by atoms with Crippen LogP contribution in [0.1, 0.15) is 56.0 Å². The Labute approximate surface area is 112 Å². The van der Waals surface area contributed by atoms with Gasteiger partial charge in [0.15, 0.2) is 0 Å². The number of aromatic amines is 1. The van der Waals surface area contributed by atoms with Crippen molar-refractivity contribution in [1.82, 2.24) is 20.5 Å². The van der Waals surface area contributed by atoms with Gasteiger partial charge in [0.2, 0.25) is 5.82 Å². The average molecular weight is 268 g/mol. The van der Waals surface area contributed by atoms with Gasteiger partial charge in [-0.3, -0.25) is 9.89 Å². The first kappa shape index (κ1) is 13.4. The van der Waals surface area contributed by atoms with E-state index in [2.05, 4.69) is 27.4 Å². The summed E-state index contributed by atoms with van der Waals surface area (Å²) in [6.07, 6.45) is 2.39. The van der Waals surface area contributed by atoms with Gasteiger partial charge in [-0.1, -0.05) is 13.8 Å². The summed E-state index contributed by atoms with van der Waals surface area (Å²) in [7, 11) is 0. The maximum absolute atomic E-state index is 11.9. The van der Waals surface area contributed by atoms with Gasteiger partial charge in [-0.15, -0.1) is 5.10 Å². The zero-order chi connectivity index (χ0) is 13.2. The zero-order valence-electron chi connectivity index (χ0n) is 11.1. The molecular weight excluding hydrogens is 248 g/mol. The Hall–Kier alpha value is -1.04. The summed E-state index contributed by atoms with van der Waals surface area (Å²) >= 11 is 1.93. The Balaban J connectivity index is 1.91. The van der Waals surface area contributed by atoms with Crippen molar-refractivity contribution in [2.24, 2.45) is 0 Å². The second-order valence-corrected chi connectivity index (χ2v) is 6.97. The van der Waals surface area contributed by atoms with E-state index in [0.717, 1.165) is 12.2 Å². The molecule has 5 nitrogen and oxygen atoms in total. The lowest BCUT2D eigenvalue weighted by Crippen LogP contribution is -2.37. The van der Waals surface area contributed by atoms with Crippen LogP contribution in [0.25, 0.3) is 0 Å². The van der Waals surface area contributed by atoms with Crippen LogP contribution in [0.15, 0.2) is 0 Å². The summed E-state index contributed by atoms with van der Waals surface area (Å²) < 4.78 is 0.173. The second-order valence-electron chi connectivity index (χ2n) is 5.28. The highest BCUT2D eigenvalue weighted by atomic mass is 32.2. The van der Waals surface area contributed by atoms with Crippen molar-refractivity contribution in [2.75, 3.05) is 12.3 Å². The molecule has 0 spiro atoms. The highest BCUT2D eigenvalue weighted by Gasteiger charge is 2.30. The molecule has 1 atom stereocenters. The number of hydrogen-bond donors (Lipinski definition) is 2. The van der Waals surface area contributed by atoms with E-state index in [1.165, 1.54) is 12.2 Å². The summed E-state index contributed by atoms with van der Waals surface area (Å²) in [5.41, 5.74) is 0. The van der Waals surface area contributed by atoms with Gasteiger partial charge in [0.25, 0.3) is 5.91 Å². The van der Waals surface area contributed by atoms with Gasteiger partial charge in [-0.2, -0.15) is 11.8 Å². The summed E-state index contributed by atoms with van der Waals surface area (Å²) in [6, 6.07) is 0. The standard InChI is InChI=1S/C12H20N4OS/c1-8(2)9-14-10(16-15-9)11(17)13-7-12(3)5-4-6-18-12/h8H,4-7H2,1-3H3,(H,13,17)(H,14,15,16). The fourth-order valence-corrected chi connectivity index (χ4v) is 3.20. The molecule has 1 saturated heterocycles. The Morgan fingerprint density at radius 1 is 1.61 bits per heavy atom. The maximum atomic E-state index is 11.9. The monoisotopic (exact) mass is 268 g/mol. The van der Waals surface area contributed by atoms with Gasteiger partial charge in [-0.05, 0) is 25.5 Å². The Morgan fingerprint density at radius 2 is 2.39 bits per heavy atom. The largest absolute Gasteiger partial charge is 0.348 e. The lowest BCUT2D eigenvalue weighted by atomic mass is 10.1. The molecule has 2 rings (SSSR count). The number of thioether (sulfide) groups is 1. The molecule has 1 aliphatic rings. The number of amides is 1. The molecule has 1 amide bonds. The van der Waals surface area contributed by atoms with Gasteiger partial charge < -0.3 is 5.32 Å². The first-order chi connectivity index (χ1) is 8.50. The summed E-state index contributed by atoms with van der Waals surface area (Å²) in [6.45, 7) is 6.90. The number of hydrogen-bond acceptors (Lipinski definition) is 4. The van der Waals surface area contributed by atoms with E-state index in [1.54, 1.807) is 0 Å². The van der Waals surface area contributed by atoms with Crippen molar-refractivity contribution < 1.29 is 4.79 Å². The van der Waals surface area contributed by atoms with E-state index in [1.807, 2.05) is 25.6 Å². The van der Waals surface area contributed by atoms with Crippen LogP contribution in [0.2, 0.25) is 0 Å². The molecule has 0 radical (unpaired) electrons. The number of aromatic nitrogens is 3. The van der Waals surface area contributed by atoms with Gasteiger partial charge in [0.1, 0.15) is 5.82 Å². The van der Waals surface area contributed by atoms with Crippen LogP contribution in [-0.4, -0.2) is 38.1 Å². The van der Waals surface area contributed by atoms with E-state index in [-0.39, 0.29) is 22.4 Å². The van der Waals surface area contributed by atoms with E-state index in [4.69, 9.17) is 0 Å². The topological polar surface area (TPSA) is 70.7 Å². The molecule has 1 aromatic heterocycles. The molecule has 1 aliphatic heterocycles. The van der Waals surface area contributed by atoms with Gasteiger partial charge in [0.05, 0.1) is 0 Å². The highest BCUT2D eigenvalue weighted by Crippen LogP contribution is 2.36. The first-order valence-corrected chi connectivity index (χ1v) is 7.33. The third-order valence-electron chi connectivity index (χ3n) is 3.18. The minimum atomic E-state index is -0.188. The molecule has 1 fully saturated rings. The van der Waals surface area contributed by atoms with Crippen LogP contribution < -0.4 is 5.32 Å². The Kier molecular flexibility index (Phi) is 3.94. The summed E-state index contributed by atoms with van der Waals surface area (Å²) in [5, 5.41) is 9.68. The van der Waals surface area contributed by atoms with Gasteiger partial charge >= 0.3 is 0 Å². The molecule has 1 aromatic rings. The third-order valence-corrected chi connectivity index (χ3v) is 4.71. The first-order valence-electron chi connectivity index (χ1n) is 6.35. The van der Waals surface area contributed by atoms with Gasteiger partial charge in [0, 0.05) is 17.2 Å². The quantitative estimate of drug-likeness (QED) is 0.875. The number of nitrogens with zero attached hydrogens (tertiary/aromatic N) is 2. The lowest BCUT2D eigenvalue weighted by Gasteiger charge is -2.22. The average Bonchev–Trinajstić information content (AvgIpc) is 2.95. The van der Waals surface area contributed by atoms with E-state index >= 15 is 0 Å². The normalized spacial score (nSPS) is 23.6. The van der Waals surface area contributed by atoms with Crippen LogP contribution in [0.4, 0.5) is 0 Å². The molecule has 0 saturated carbocycles.